The van der Waals surface area contributed by atoms with Crippen LogP contribution in [0, 0.1) is 5.92 Å². The lowest BCUT2D eigenvalue weighted by molar-refractivity contribution is -0.0374. The fourth-order valence-corrected chi connectivity index (χ4v) is 2.73. The lowest BCUT2D eigenvalue weighted by Crippen LogP contribution is -2.49. The molecule has 114 valence electrons. The van der Waals surface area contributed by atoms with Crippen molar-refractivity contribution in [2.24, 2.45) is 5.92 Å². The number of hydrogen-bond donors (Lipinski definition) is 1. The van der Waals surface area contributed by atoms with Gasteiger partial charge in [0.2, 0.25) is 0 Å². The Morgan fingerprint density at radius 2 is 2.11 bits per heavy atom. The Kier molecular flexibility index (Phi) is 8.67. The van der Waals surface area contributed by atoms with Crippen molar-refractivity contribution >= 4 is 0 Å². The van der Waals surface area contributed by atoms with E-state index >= 15 is 0 Å². The molecule has 1 saturated heterocycles. The second kappa shape index (κ2) is 9.73. The number of nitrogens with one attached hydrogen (secondary N) is 1. The molecule has 1 fully saturated rings. The summed E-state index contributed by atoms with van der Waals surface area (Å²) < 4.78 is 5.85. The standard InChI is InChI=1S/C16H34N2O/c1-5-7-8-15(6-2)11-17-12-16-13-18(14(3)4)9-10-19-16/h14-17H,5-13H2,1-4H3. The van der Waals surface area contributed by atoms with Gasteiger partial charge in [0.1, 0.15) is 0 Å². The maximum Gasteiger partial charge on any atom is 0.0826 e. The van der Waals surface area contributed by atoms with E-state index < -0.39 is 0 Å². The zero-order chi connectivity index (χ0) is 14.1. The molecular formula is C16H34N2O. The third-order valence-corrected chi connectivity index (χ3v) is 4.25. The molecule has 0 aromatic heterocycles. The van der Waals surface area contributed by atoms with Gasteiger partial charge in [-0.3, -0.25) is 4.90 Å². The maximum atomic E-state index is 5.85. The average molecular weight is 270 g/mol. The van der Waals surface area contributed by atoms with Crippen molar-refractivity contribution in [3.8, 4) is 0 Å². The van der Waals surface area contributed by atoms with Gasteiger partial charge in [-0.1, -0.05) is 33.1 Å². The Labute approximate surface area is 120 Å². The summed E-state index contributed by atoms with van der Waals surface area (Å²) in [6, 6.07) is 0.638. The van der Waals surface area contributed by atoms with Crippen LogP contribution in [0.5, 0.6) is 0 Å². The van der Waals surface area contributed by atoms with Gasteiger partial charge in [0, 0.05) is 25.7 Å². The number of unbranched alkanes of at least 4 members (excludes halogenated alkanes) is 1. The predicted octanol–water partition coefficient (Wildman–Crippen LogP) is 2.90. The zero-order valence-corrected chi connectivity index (χ0v) is 13.5. The molecule has 0 radical (unpaired) electrons. The van der Waals surface area contributed by atoms with Crippen LogP contribution < -0.4 is 5.32 Å². The van der Waals surface area contributed by atoms with Gasteiger partial charge in [0.05, 0.1) is 12.7 Å². The van der Waals surface area contributed by atoms with Crippen molar-refractivity contribution in [1.82, 2.24) is 10.2 Å². The Bertz CT molecular complexity index is 221. The van der Waals surface area contributed by atoms with E-state index in [1.165, 1.54) is 25.7 Å². The van der Waals surface area contributed by atoms with Crippen LogP contribution in [0.1, 0.15) is 53.4 Å². The maximum absolute atomic E-state index is 5.85. The molecule has 0 aromatic carbocycles. The highest BCUT2D eigenvalue weighted by Crippen LogP contribution is 2.12. The summed E-state index contributed by atoms with van der Waals surface area (Å²) in [5.74, 6) is 0.838. The quantitative estimate of drug-likeness (QED) is 0.697. The fraction of sp³-hybridized carbons (Fsp3) is 1.00. The summed E-state index contributed by atoms with van der Waals surface area (Å²) in [6.45, 7) is 14.3. The van der Waals surface area contributed by atoms with Crippen LogP contribution in [0.2, 0.25) is 0 Å². The minimum Gasteiger partial charge on any atom is -0.374 e. The summed E-state index contributed by atoms with van der Waals surface area (Å²) in [6.07, 6.45) is 5.70. The molecule has 3 heteroatoms. The van der Waals surface area contributed by atoms with Gasteiger partial charge in [-0.25, -0.2) is 0 Å². The van der Waals surface area contributed by atoms with E-state index in [1.807, 2.05) is 0 Å². The molecule has 1 aliphatic rings. The van der Waals surface area contributed by atoms with Gasteiger partial charge < -0.3 is 10.1 Å². The van der Waals surface area contributed by atoms with Crippen LogP contribution >= 0.6 is 0 Å². The molecule has 1 rings (SSSR count). The monoisotopic (exact) mass is 270 g/mol. The third kappa shape index (κ3) is 6.73. The van der Waals surface area contributed by atoms with E-state index in [-0.39, 0.29) is 0 Å². The molecule has 19 heavy (non-hydrogen) atoms. The van der Waals surface area contributed by atoms with Crippen molar-refractivity contribution in [3.05, 3.63) is 0 Å². The molecule has 0 bridgehead atoms. The Morgan fingerprint density at radius 1 is 1.32 bits per heavy atom. The number of ether oxygens (including phenoxy) is 1. The molecule has 1 aliphatic heterocycles. The molecular weight excluding hydrogens is 236 g/mol. The Hall–Kier alpha value is -0.120. The van der Waals surface area contributed by atoms with E-state index in [4.69, 9.17) is 4.74 Å². The molecule has 1 N–H and O–H groups in total. The molecule has 0 aliphatic carbocycles. The van der Waals surface area contributed by atoms with Crippen molar-refractivity contribution in [1.29, 1.82) is 0 Å². The molecule has 3 nitrogen and oxygen atoms in total. The van der Waals surface area contributed by atoms with Gasteiger partial charge in [0.15, 0.2) is 0 Å². The summed E-state index contributed by atoms with van der Waals surface area (Å²) >= 11 is 0. The minimum absolute atomic E-state index is 0.375. The molecule has 2 atom stereocenters. The van der Waals surface area contributed by atoms with Crippen LogP contribution in [0.4, 0.5) is 0 Å². The first-order valence-electron chi connectivity index (χ1n) is 8.23. The highest BCUT2D eigenvalue weighted by Gasteiger charge is 2.21. The molecule has 0 spiro atoms. The van der Waals surface area contributed by atoms with E-state index in [0.717, 1.165) is 38.7 Å². The minimum atomic E-state index is 0.375. The molecule has 0 amide bonds. The lowest BCUT2D eigenvalue weighted by Gasteiger charge is -2.35. The Balaban J connectivity index is 2.17. The summed E-state index contributed by atoms with van der Waals surface area (Å²) in [5, 5.41) is 3.62. The fourth-order valence-electron chi connectivity index (χ4n) is 2.73. The molecule has 0 saturated carbocycles. The first kappa shape index (κ1) is 16.9. The first-order chi connectivity index (χ1) is 9.17. The first-order valence-corrected chi connectivity index (χ1v) is 8.23. The van der Waals surface area contributed by atoms with Gasteiger partial charge in [-0.05, 0) is 32.7 Å². The number of rotatable bonds is 9. The summed E-state index contributed by atoms with van der Waals surface area (Å²) in [5.41, 5.74) is 0. The lowest BCUT2D eigenvalue weighted by atomic mass is 9.99. The van der Waals surface area contributed by atoms with Crippen molar-refractivity contribution in [2.75, 3.05) is 32.8 Å². The molecule has 2 unspecified atom stereocenters. The molecule has 0 aromatic rings. The van der Waals surface area contributed by atoms with Crippen LogP contribution in [0.15, 0.2) is 0 Å². The highest BCUT2D eigenvalue weighted by atomic mass is 16.5. The van der Waals surface area contributed by atoms with Gasteiger partial charge >= 0.3 is 0 Å². The van der Waals surface area contributed by atoms with Crippen LogP contribution in [0.3, 0.4) is 0 Å². The normalized spacial score (nSPS) is 22.9. The summed E-state index contributed by atoms with van der Waals surface area (Å²) in [7, 11) is 0. The van der Waals surface area contributed by atoms with Crippen LogP contribution in [0.25, 0.3) is 0 Å². The number of hydrogen-bond acceptors (Lipinski definition) is 3. The average Bonchev–Trinajstić information content (AvgIpc) is 2.43. The van der Waals surface area contributed by atoms with Gasteiger partial charge in [-0.2, -0.15) is 0 Å². The van der Waals surface area contributed by atoms with Crippen molar-refractivity contribution in [3.63, 3.8) is 0 Å². The molecule has 1 heterocycles. The third-order valence-electron chi connectivity index (χ3n) is 4.25. The van der Waals surface area contributed by atoms with E-state index in [0.29, 0.717) is 12.1 Å². The van der Waals surface area contributed by atoms with Crippen LogP contribution in [-0.4, -0.2) is 49.8 Å². The Morgan fingerprint density at radius 3 is 2.74 bits per heavy atom. The SMILES string of the molecule is CCCCC(CC)CNCC1CN(C(C)C)CCO1. The number of morpholine rings is 1. The topological polar surface area (TPSA) is 24.5 Å². The highest BCUT2D eigenvalue weighted by molar-refractivity contribution is 4.76. The van der Waals surface area contributed by atoms with E-state index in [9.17, 15) is 0 Å². The zero-order valence-electron chi connectivity index (χ0n) is 13.5. The van der Waals surface area contributed by atoms with Gasteiger partial charge in [0.25, 0.3) is 0 Å². The van der Waals surface area contributed by atoms with E-state index in [2.05, 4.69) is 37.9 Å². The van der Waals surface area contributed by atoms with Crippen molar-refractivity contribution < 1.29 is 4.74 Å². The van der Waals surface area contributed by atoms with Crippen molar-refractivity contribution in [2.45, 2.75) is 65.5 Å². The van der Waals surface area contributed by atoms with E-state index in [1.54, 1.807) is 0 Å². The second-order valence-corrected chi connectivity index (χ2v) is 6.16. The smallest absolute Gasteiger partial charge is 0.0826 e. The second-order valence-electron chi connectivity index (χ2n) is 6.16. The number of nitrogens with zero attached hydrogens (tertiary/aromatic N) is 1. The predicted molar refractivity (Wildman–Crippen MR) is 82.6 cm³/mol. The van der Waals surface area contributed by atoms with Crippen LogP contribution in [-0.2, 0) is 4.74 Å². The van der Waals surface area contributed by atoms with Gasteiger partial charge in [-0.15, -0.1) is 0 Å². The summed E-state index contributed by atoms with van der Waals surface area (Å²) in [4.78, 5) is 2.52. The largest absolute Gasteiger partial charge is 0.374 e.